The highest BCUT2D eigenvalue weighted by Gasteiger charge is 2.12. The molecule has 3 rings (SSSR count). The summed E-state index contributed by atoms with van der Waals surface area (Å²) in [6.45, 7) is 0. The smallest absolute Gasteiger partial charge is 0.267 e. The Hall–Kier alpha value is -1.69. The molecule has 3 aromatic rings. The Labute approximate surface area is 128 Å². The van der Waals surface area contributed by atoms with Gasteiger partial charge >= 0.3 is 0 Å². The van der Waals surface area contributed by atoms with Crippen LogP contribution in [0.1, 0.15) is 9.67 Å². The molecule has 0 radical (unpaired) electrons. The van der Waals surface area contributed by atoms with Gasteiger partial charge in [-0.05, 0) is 35.7 Å². The summed E-state index contributed by atoms with van der Waals surface area (Å²) >= 11 is 8.80. The fourth-order valence-electron chi connectivity index (χ4n) is 1.62. The lowest BCUT2D eigenvalue weighted by atomic mass is 10.3. The zero-order valence-corrected chi connectivity index (χ0v) is 12.6. The van der Waals surface area contributed by atoms with Crippen LogP contribution in [0.4, 0.5) is 5.69 Å². The second kappa shape index (κ2) is 5.75. The predicted molar refractivity (Wildman–Crippen MR) is 84.8 cm³/mol. The molecule has 3 nitrogen and oxygen atoms in total. The van der Waals surface area contributed by atoms with Crippen LogP contribution in [0.3, 0.4) is 0 Å². The summed E-state index contributed by atoms with van der Waals surface area (Å²) in [6.07, 6.45) is 1.60. The van der Waals surface area contributed by atoms with Gasteiger partial charge in [0, 0.05) is 10.7 Å². The van der Waals surface area contributed by atoms with Crippen LogP contribution >= 0.6 is 34.3 Å². The van der Waals surface area contributed by atoms with Crippen LogP contribution in [-0.2, 0) is 0 Å². The van der Waals surface area contributed by atoms with Crippen molar-refractivity contribution in [3.63, 3.8) is 0 Å². The van der Waals surface area contributed by atoms with E-state index in [2.05, 4.69) is 10.3 Å². The number of aromatic nitrogens is 1. The Kier molecular flexibility index (Phi) is 3.82. The van der Waals surface area contributed by atoms with E-state index in [9.17, 15) is 4.79 Å². The zero-order valence-electron chi connectivity index (χ0n) is 10.2. The number of benzene rings is 1. The first-order valence-electron chi connectivity index (χ1n) is 5.79. The maximum atomic E-state index is 12.1. The summed E-state index contributed by atoms with van der Waals surface area (Å²) in [5.74, 6) is -0.160. The van der Waals surface area contributed by atoms with Crippen molar-refractivity contribution in [1.29, 1.82) is 0 Å². The molecule has 2 heterocycles. The number of anilines is 1. The second-order valence-electron chi connectivity index (χ2n) is 3.97. The number of amides is 1. The fourth-order valence-corrected chi connectivity index (χ4v) is 3.36. The number of halogens is 1. The van der Waals surface area contributed by atoms with Gasteiger partial charge in [-0.2, -0.15) is 0 Å². The minimum atomic E-state index is -0.160. The summed E-state index contributed by atoms with van der Waals surface area (Å²) < 4.78 is 0. The molecule has 2 aromatic heterocycles. The van der Waals surface area contributed by atoms with Gasteiger partial charge in [-0.15, -0.1) is 22.7 Å². The van der Waals surface area contributed by atoms with Crippen molar-refractivity contribution in [1.82, 2.24) is 4.98 Å². The van der Waals surface area contributed by atoms with Gasteiger partial charge in [0.15, 0.2) is 0 Å². The Bertz CT molecular complexity index is 720. The van der Waals surface area contributed by atoms with Crippen LogP contribution < -0.4 is 5.32 Å². The van der Waals surface area contributed by atoms with Crippen molar-refractivity contribution in [2.24, 2.45) is 0 Å². The molecule has 0 atom stereocenters. The molecule has 0 saturated carbocycles. The van der Waals surface area contributed by atoms with Crippen molar-refractivity contribution in [2.75, 3.05) is 5.32 Å². The zero-order chi connectivity index (χ0) is 13.9. The minimum Gasteiger partial charge on any atom is -0.321 e. The van der Waals surface area contributed by atoms with Crippen LogP contribution in [-0.4, -0.2) is 10.9 Å². The molecule has 0 aliphatic rings. The number of carbonyl (C=O) groups is 1. The topological polar surface area (TPSA) is 42.0 Å². The van der Waals surface area contributed by atoms with Gasteiger partial charge in [0.2, 0.25) is 0 Å². The van der Waals surface area contributed by atoms with Crippen LogP contribution in [0.25, 0.3) is 9.88 Å². The molecule has 1 N–H and O–H groups in total. The molecule has 0 bridgehead atoms. The van der Waals surface area contributed by atoms with Gasteiger partial charge in [-0.1, -0.05) is 17.7 Å². The molecule has 1 amide bonds. The quantitative estimate of drug-likeness (QED) is 0.754. The molecule has 0 aliphatic heterocycles. The van der Waals surface area contributed by atoms with Crippen molar-refractivity contribution in [3.05, 3.63) is 57.9 Å². The summed E-state index contributed by atoms with van der Waals surface area (Å²) in [4.78, 5) is 18.1. The van der Waals surface area contributed by atoms with Crippen molar-refractivity contribution in [2.45, 2.75) is 0 Å². The predicted octanol–water partition coefficient (Wildman–Crippen LogP) is 4.78. The van der Waals surface area contributed by atoms with E-state index < -0.39 is 0 Å². The number of thiophene rings is 1. The first-order chi connectivity index (χ1) is 9.72. The summed E-state index contributed by atoms with van der Waals surface area (Å²) in [7, 11) is 0. The van der Waals surface area contributed by atoms with Crippen LogP contribution in [0.5, 0.6) is 0 Å². The highest BCUT2D eigenvalue weighted by molar-refractivity contribution is 7.22. The lowest BCUT2D eigenvalue weighted by molar-refractivity contribution is 0.103. The Balaban J connectivity index is 1.76. The third-order valence-corrected chi connectivity index (χ3v) is 4.85. The maximum Gasteiger partial charge on any atom is 0.267 e. The SMILES string of the molecule is O=C(Nc1ccc(Cl)cc1)c1cnc(-c2cccs2)s1. The molecular formula is C14H9ClN2OS2. The number of nitrogens with one attached hydrogen (secondary N) is 1. The van der Waals surface area contributed by atoms with E-state index in [1.807, 2.05) is 17.5 Å². The molecule has 0 aliphatic carbocycles. The van der Waals surface area contributed by atoms with Crippen molar-refractivity contribution in [3.8, 4) is 9.88 Å². The van der Waals surface area contributed by atoms with E-state index in [4.69, 9.17) is 11.6 Å². The number of nitrogens with zero attached hydrogens (tertiary/aromatic N) is 1. The maximum absolute atomic E-state index is 12.1. The van der Waals surface area contributed by atoms with Gasteiger partial charge in [-0.3, -0.25) is 4.79 Å². The van der Waals surface area contributed by atoms with Gasteiger partial charge < -0.3 is 5.32 Å². The summed E-state index contributed by atoms with van der Waals surface area (Å²) in [5, 5.41) is 6.31. The first-order valence-corrected chi connectivity index (χ1v) is 7.86. The molecule has 0 spiro atoms. The fraction of sp³-hybridized carbons (Fsp3) is 0. The third-order valence-electron chi connectivity index (χ3n) is 2.56. The number of thiazole rings is 1. The number of hydrogen-bond donors (Lipinski definition) is 1. The Morgan fingerprint density at radius 3 is 2.70 bits per heavy atom. The van der Waals surface area contributed by atoms with E-state index >= 15 is 0 Å². The molecule has 100 valence electrons. The summed E-state index contributed by atoms with van der Waals surface area (Å²) in [5.41, 5.74) is 0.713. The highest BCUT2D eigenvalue weighted by Crippen LogP contribution is 2.29. The number of hydrogen-bond acceptors (Lipinski definition) is 4. The number of rotatable bonds is 3. The average Bonchev–Trinajstić information content (AvgIpc) is 3.11. The van der Waals surface area contributed by atoms with Gasteiger partial charge in [0.25, 0.3) is 5.91 Å². The average molecular weight is 321 g/mol. The van der Waals surface area contributed by atoms with Gasteiger partial charge in [0.05, 0.1) is 11.1 Å². The second-order valence-corrected chi connectivity index (χ2v) is 6.38. The number of carbonyl (C=O) groups excluding carboxylic acids is 1. The van der Waals surface area contributed by atoms with E-state index in [-0.39, 0.29) is 5.91 Å². The molecule has 0 unspecified atom stereocenters. The third kappa shape index (κ3) is 2.90. The molecule has 6 heteroatoms. The standard InChI is InChI=1S/C14H9ClN2OS2/c15-9-3-5-10(6-4-9)17-13(18)12-8-16-14(20-12)11-2-1-7-19-11/h1-8H,(H,17,18). The lowest BCUT2D eigenvalue weighted by Gasteiger charge is -2.02. The van der Waals surface area contributed by atoms with E-state index in [0.717, 1.165) is 9.88 Å². The highest BCUT2D eigenvalue weighted by atomic mass is 35.5. The first kappa shape index (κ1) is 13.3. The van der Waals surface area contributed by atoms with E-state index in [1.54, 1.807) is 41.8 Å². The normalized spacial score (nSPS) is 10.4. The summed E-state index contributed by atoms with van der Waals surface area (Å²) in [6, 6.07) is 11.0. The Morgan fingerprint density at radius 2 is 2.00 bits per heavy atom. The molecule has 1 aromatic carbocycles. The van der Waals surface area contributed by atoms with E-state index in [1.165, 1.54) is 11.3 Å². The van der Waals surface area contributed by atoms with Crippen LogP contribution in [0, 0.1) is 0 Å². The van der Waals surface area contributed by atoms with Crippen LogP contribution in [0.15, 0.2) is 48.0 Å². The van der Waals surface area contributed by atoms with Crippen molar-refractivity contribution >= 4 is 45.9 Å². The molecular weight excluding hydrogens is 312 g/mol. The van der Waals surface area contributed by atoms with Gasteiger partial charge in [-0.25, -0.2) is 4.98 Å². The van der Waals surface area contributed by atoms with E-state index in [0.29, 0.717) is 15.6 Å². The molecule has 20 heavy (non-hydrogen) atoms. The van der Waals surface area contributed by atoms with Gasteiger partial charge in [0.1, 0.15) is 9.88 Å². The monoisotopic (exact) mass is 320 g/mol. The van der Waals surface area contributed by atoms with Crippen LogP contribution in [0.2, 0.25) is 5.02 Å². The lowest BCUT2D eigenvalue weighted by Crippen LogP contribution is -2.09. The Morgan fingerprint density at radius 1 is 1.20 bits per heavy atom. The molecule has 0 saturated heterocycles. The minimum absolute atomic E-state index is 0.160. The largest absolute Gasteiger partial charge is 0.321 e. The molecule has 0 fully saturated rings. The van der Waals surface area contributed by atoms with Crippen molar-refractivity contribution < 1.29 is 4.79 Å².